The molecule has 2 aromatic carbocycles. The molecular formula is C26H29N5O2. The average molecular weight is 444 g/mol. The average Bonchev–Trinajstić information content (AvgIpc) is 3.07. The van der Waals surface area contributed by atoms with Crippen LogP contribution in [0.3, 0.4) is 0 Å². The number of aryl methyl sites for hydroxylation is 3. The first-order valence-electron chi connectivity index (χ1n) is 11.0. The molecule has 3 rings (SSSR count). The summed E-state index contributed by atoms with van der Waals surface area (Å²) in [6.45, 7) is 6.82. The Morgan fingerprint density at radius 2 is 1.85 bits per heavy atom. The van der Waals surface area contributed by atoms with E-state index in [1.807, 2.05) is 61.9 Å². The Balaban J connectivity index is 1.52. The molecule has 0 radical (unpaired) electrons. The van der Waals surface area contributed by atoms with Crippen LogP contribution in [0, 0.1) is 32.1 Å². The monoisotopic (exact) mass is 443 g/mol. The number of nitrogens with zero attached hydrogens (tertiary/aromatic N) is 3. The molecule has 3 aromatic rings. The van der Waals surface area contributed by atoms with Gasteiger partial charge in [-0.25, -0.2) is 0 Å². The van der Waals surface area contributed by atoms with Gasteiger partial charge in [-0.1, -0.05) is 29.8 Å². The van der Waals surface area contributed by atoms with E-state index >= 15 is 0 Å². The first-order valence-corrected chi connectivity index (χ1v) is 11.0. The standard InChI is InChI=1S/C26H29N5O2/c1-18-8-10-22(11-9-18)26(33)29-23-7-4-6-21(16-23)17-28-25(32)13-12-24-19(2)30-31(20(24)3)15-5-14-27/h4,6-11,16H,5,12-13,15,17H2,1-3H3,(H,28,32)(H,29,33). The molecule has 33 heavy (non-hydrogen) atoms. The van der Waals surface area contributed by atoms with Crippen molar-refractivity contribution in [3.8, 4) is 6.07 Å². The summed E-state index contributed by atoms with van der Waals surface area (Å²) in [5.74, 6) is -0.218. The van der Waals surface area contributed by atoms with E-state index in [-0.39, 0.29) is 11.8 Å². The van der Waals surface area contributed by atoms with Gasteiger partial charge in [-0.15, -0.1) is 0 Å². The highest BCUT2D eigenvalue weighted by Crippen LogP contribution is 2.16. The molecule has 170 valence electrons. The third-order valence-electron chi connectivity index (χ3n) is 5.56. The van der Waals surface area contributed by atoms with E-state index in [0.29, 0.717) is 43.6 Å². The maximum atomic E-state index is 12.4. The lowest BCUT2D eigenvalue weighted by molar-refractivity contribution is -0.121. The molecule has 7 nitrogen and oxygen atoms in total. The van der Waals surface area contributed by atoms with Crippen LogP contribution in [0.4, 0.5) is 5.69 Å². The van der Waals surface area contributed by atoms with Gasteiger partial charge in [0.2, 0.25) is 5.91 Å². The maximum Gasteiger partial charge on any atom is 0.255 e. The van der Waals surface area contributed by atoms with Crippen LogP contribution in [-0.2, 0) is 24.3 Å². The Kier molecular flexibility index (Phi) is 7.98. The van der Waals surface area contributed by atoms with Gasteiger partial charge in [-0.3, -0.25) is 14.3 Å². The lowest BCUT2D eigenvalue weighted by atomic mass is 10.1. The number of hydrogen-bond donors (Lipinski definition) is 2. The number of hydrogen-bond acceptors (Lipinski definition) is 4. The minimum atomic E-state index is -0.169. The van der Waals surface area contributed by atoms with Gasteiger partial charge in [-0.05, 0) is 62.6 Å². The SMILES string of the molecule is Cc1ccc(C(=O)Nc2cccc(CNC(=O)CCc3c(C)nn(CCC#N)c3C)c2)cc1. The maximum absolute atomic E-state index is 12.4. The fraction of sp³-hybridized carbons (Fsp3) is 0.308. The third-order valence-corrected chi connectivity index (χ3v) is 5.56. The molecule has 0 aliphatic carbocycles. The second-order valence-corrected chi connectivity index (χ2v) is 8.08. The molecule has 2 amide bonds. The predicted molar refractivity (Wildman–Crippen MR) is 128 cm³/mol. The van der Waals surface area contributed by atoms with Crippen molar-refractivity contribution in [2.75, 3.05) is 5.32 Å². The highest BCUT2D eigenvalue weighted by atomic mass is 16.2. The number of carbonyl (C=O) groups is 2. The van der Waals surface area contributed by atoms with Crippen LogP contribution in [0.2, 0.25) is 0 Å². The number of anilines is 1. The molecule has 2 N–H and O–H groups in total. The molecule has 0 spiro atoms. The third kappa shape index (κ3) is 6.53. The minimum absolute atomic E-state index is 0.0485. The molecule has 0 aliphatic heterocycles. The predicted octanol–water partition coefficient (Wildman–Crippen LogP) is 4.22. The van der Waals surface area contributed by atoms with Crippen molar-refractivity contribution >= 4 is 17.5 Å². The van der Waals surface area contributed by atoms with Crippen LogP contribution in [0.15, 0.2) is 48.5 Å². The van der Waals surface area contributed by atoms with Crippen molar-refractivity contribution in [3.63, 3.8) is 0 Å². The molecule has 7 heteroatoms. The van der Waals surface area contributed by atoms with Gasteiger partial charge >= 0.3 is 0 Å². The van der Waals surface area contributed by atoms with Crippen LogP contribution >= 0.6 is 0 Å². The van der Waals surface area contributed by atoms with Gasteiger partial charge < -0.3 is 10.6 Å². The Hall–Kier alpha value is -3.92. The molecule has 0 aliphatic rings. The Morgan fingerprint density at radius 1 is 1.09 bits per heavy atom. The van der Waals surface area contributed by atoms with Gasteiger partial charge in [0.15, 0.2) is 0 Å². The van der Waals surface area contributed by atoms with E-state index in [9.17, 15) is 9.59 Å². The van der Waals surface area contributed by atoms with Gasteiger partial charge in [0.25, 0.3) is 5.91 Å². The number of nitriles is 1. The molecule has 0 bridgehead atoms. The van der Waals surface area contributed by atoms with Crippen LogP contribution in [0.25, 0.3) is 0 Å². The quantitative estimate of drug-likeness (QED) is 0.517. The molecule has 0 saturated carbocycles. The fourth-order valence-electron chi connectivity index (χ4n) is 3.66. The molecule has 0 saturated heterocycles. The van der Waals surface area contributed by atoms with Gasteiger partial charge in [0, 0.05) is 29.9 Å². The zero-order valence-corrected chi connectivity index (χ0v) is 19.3. The van der Waals surface area contributed by atoms with Crippen molar-refractivity contribution in [1.29, 1.82) is 5.26 Å². The Bertz CT molecular complexity index is 1170. The summed E-state index contributed by atoms with van der Waals surface area (Å²) >= 11 is 0. The molecule has 0 fully saturated rings. The number of nitrogens with one attached hydrogen (secondary N) is 2. The Labute approximate surface area is 194 Å². The van der Waals surface area contributed by atoms with Crippen molar-refractivity contribution in [2.45, 2.75) is 53.1 Å². The second kappa shape index (κ2) is 11.1. The van der Waals surface area contributed by atoms with E-state index in [1.165, 1.54) is 0 Å². The van der Waals surface area contributed by atoms with Crippen LogP contribution in [0.1, 0.15) is 51.3 Å². The van der Waals surface area contributed by atoms with Gasteiger partial charge in [0.1, 0.15) is 0 Å². The topological polar surface area (TPSA) is 99.8 Å². The largest absolute Gasteiger partial charge is 0.352 e. The summed E-state index contributed by atoms with van der Waals surface area (Å²) < 4.78 is 1.84. The van der Waals surface area contributed by atoms with Crippen molar-refractivity contribution in [2.24, 2.45) is 0 Å². The normalized spacial score (nSPS) is 10.5. The summed E-state index contributed by atoms with van der Waals surface area (Å²) in [6.07, 6.45) is 1.37. The minimum Gasteiger partial charge on any atom is -0.352 e. The summed E-state index contributed by atoms with van der Waals surface area (Å²) in [5.41, 5.74) is 6.25. The summed E-state index contributed by atoms with van der Waals surface area (Å²) in [6, 6.07) is 17.0. The lowest BCUT2D eigenvalue weighted by Crippen LogP contribution is -2.23. The van der Waals surface area contributed by atoms with Gasteiger partial charge in [0.05, 0.1) is 24.7 Å². The molecule has 0 unspecified atom stereocenters. The van der Waals surface area contributed by atoms with E-state index in [2.05, 4.69) is 21.8 Å². The van der Waals surface area contributed by atoms with Crippen LogP contribution in [-0.4, -0.2) is 21.6 Å². The highest BCUT2D eigenvalue weighted by Gasteiger charge is 2.13. The first kappa shape index (κ1) is 23.7. The zero-order valence-electron chi connectivity index (χ0n) is 19.3. The van der Waals surface area contributed by atoms with Crippen molar-refractivity contribution in [1.82, 2.24) is 15.1 Å². The summed E-state index contributed by atoms with van der Waals surface area (Å²) in [7, 11) is 0. The first-order chi connectivity index (χ1) is 15.9. The molecule has 1 heterocycles. The van der Waals surface area contributed by atoms with E-state index < -0.39 is 0 Å². The van der Waals surface area contributed by atoms with E-state index in [1.54, 1.807) is 12.1 Å². The smallest absolute Gasteiger partial charge is 0.255 e. The second-order valence-electron chi connectivity index (χ2n) is 8.08. The number of rotatable bonds is 9. The van der Waals surface area contributed by atoms with Crippen molar-refractivity contribution in [3.05, 3.63) is 82.2 Å². The molecule has 1 aromatic heterocycles. The van der Waals surface area contributed by atoms with Crippen molar-refractivity contribution < 1.29 is 9.59 Å². The summed E-state index contributed by atoms with van der Waals surface area (Å²) in [5, 5.41) is 19.1. The van der Waals surface area contributed by atoms with E-state index in [0.717, 1.165) is 28.1 Å². The Morgan fingerprint density at radius 3 is 2.58 bits per heavy atom. The lowest BCUT2D eigenvalue weighted by Gasteiger charge is -2.09. The highest BCUT2D eigenvalue weighted by molar-refractivity contribution is 6.04. The zero-order chi connectivity index (χ0) is 23.8. The number of aromatic nitrogens is 2. The number of benzene rings is 2. The van der Waals surface area contributed by atoms with E-state index in [4.69, 9.17) is 5.26 Å². The fourth-order valence-corrected chi connectivity index (χ4v) is 3.66. The molecular weight excluding hydrogens is 414 g/mol. The summed E-state index contributed by atoms with van der Waals surface area (Å²) in [4.78, 5) is 24.8. The number of carbonyl (C=O) groups excluding carboxylic acids is 2. The molecule has 0 atom stereocenters. The number of amides is 2. The van der Waals surface area contributed by atoms with Crippen LogP contribution < -0.4 is 10.6 Å². The van der Waals surface area contributed by atoms with Crippen LogP contribution in [0.5, 0.6) is 0 Å². The van der Waals surface area contributed by atoms with Gasteiger partial charge in [-0.2, -0.15) is 10.4 Å².